The maximum Gasteiger partial charge on any atom is 0.267 e. The molecule has 1 N–H and O–H groups in total. The van der Waals surface area contributed by atoms with Crippen LogP contribution in [0.5, 0.6) is 0 Å². The van der Waals surface area contributed by atoms with Crippen molar-refractivity contribution in [2.24, 2.45) is 0 Å². The number of hydrogen-bond donors (Lipinski definition) is 1. The number of amides is 1. The molecule has 0 bridgehead atoms. The maximum absolute atomic E-state index is 12.5. The molecule has 1 amide bonds. The number of nitrogens with one attached hydrogen (secondary N) is 1. The van der Waals surface area contributed by atoms with Crippen molar-refractivity contribution in [3.8, 4) is 0 Å². The van der Waals surface area contributed by atoms with Crippen molar-refractivity contribution >= 4 is 22.9 Å². The Balaban J connectivity index is 1.65. The molecule has 4 nitrogen and oxygen atoms in total. The molecule has 1 aromatic heterocycles. The van der Waals surface area contributed by atoms with Crippen LogP contribution < -0.4 is 5.32 Å². The maximum atomic E-state index is 12.5. The van der Waals surface area contributed by atoms with E-state index in [1.165, 1.54) is 37.3 Å². The van der Waals surface area contributed by atoms with Crippen LogP contribution in [-0.2, 0) is 6.42 Å². The number of aryl methyl sites for hydroxylation is 2. The fourth-order valence-corrected chi connectivity index (χ4v) is 3.87. The number of aromatic nitrogens is 1. The fourth-order valence-electron chi connectivity index (χ4n) is 2.92. The minimum atomic E-state index is -0.0540. The van der Waals surface area contributed by atoms with E-state index in [1.807, 2.05) is 38.1 Å². The first-order chi connectivity index (χ1) is 11.1. The Hall–Kier alpha value is -1.72. The number of carbonyl (C=O) groups is 1. The van der Waals surface area contributed by atoms with E-state index >= 15 is 0 Å². The topological polar surface area (TPSA) is 45.2 Å². The Bertz CT molecular complexity index is 689. The van der Waals surface area contributed by atoms with E-state index in [4.69, 9.17) is 0 Å². The SMILES string of the molecule is Cc1ccccc1NC(=O)c1sc(CCN2CCCC2)nc1C. The number of nitrogens with zero attached hydrogens (tertiary/aromatic N) is 2. The standard InChI is InChI=1S/C18H23N3OS/c1-13-7-3-4-8-15(13)20-18(22)17-14(2)19-16(23-17)9-12-21-10-5-6-11-21/h3-4,7-8H,5-6,9-12H2,1-2H3,(H,20,22). The highest BCUT2D eigenvalue weighted by Gasteiger charge is 2.17. The van der Waals surface area contributed by atoms with Crippen LogP contribution in [0.1, 0.15) is 38.8 Å². The van der Waals surface area contributed by atoms with E-state index in [0.717, 1.165) is 39.8 Å². The number of carbonyl (C=O) groups excluding carboxylic acids is 1. The summed E-state index contributed by atoms with van der Waals surface area (Å²) in [5.41, 5.74) is 2.76. The van der Waals surface area contributed by atoms with Gasteiger partial charge in [-0.3, -0.25) is 4.79 Å². The van der Waals surface area contributed by atoms with Crippen molar-refractivity contribution in [2.75, 3.05) is 25.0 Å². The summed E-state index contributed by atoms with van der Waals surface area (Å²) in [6.45, 7) is 7.36. The van der Waals surface area contributed by atoms with Gasteiger partial charge in [0.2, 0.25) is 0 Å². The molecule has 0 atom stereocenters. The van der Waals surface area contributed by atoms with E-state index in [1.54, 1.807) is 0 Å². The zero-order valence-electron chi connectivity index (χ0n) is 13.8. The molecule has 5 heteroatoms. The third kappa shape index (κ3) is 3.98. The van der Waals surface area contributed by atoms with Crippen LogP contribution in [-0.4, -0.2) is 35.4 Å². The molecule has 0 saturated carbocycles. The highest BCUT2D eigenvalue weighted by Crippen LogP contribution is 2.22. The minimum Gasteiger partial charge on any atom is -0.321 e. The average molecular weight is 329 g/mol. The largest absolute Gasteiger partial charge is 0.321 e. The van der Waals surface area contributed by atoms with Crippen molar-refractivity contribution in [3.05, 3.63) is 45.4 Å². The molecule has 3 rings (SSSR count). The molecule has 0 unspecified atom stereocenters. The number of likely N-dealkylation sites (tertiary alicyclic amines) is 1. The first-order valence-electron chi connectivity index (χ1n) is 8.19. The molecule has 1 aliphatic heterocycles. The highest BCUT2D eigenvalue weighted by atomic mass is 32.1. The van der Waals surface area contributed by atoms with Gasteiger partial charge in [0.15, 0.2) is 0 Å². The summed E-state index contributed by atoms with van der Waals surface area (Å²) in [6, 6.07) is 7.83. The van der Waals surface area contributed by atoms with Gasteiger partial charge in [-0.15, -0.1) is 11.3 Å². The van der Waals surface area contributed by atoms with Crippen LogP contribution in [0.3, 0.4) is 0 Å². The molecular weight excluding hydrogens is 306 g/mol. The van der Waals surface area contributed by atoms with Crippen LogP contribution in [0, 0.1) is 13.8 Å². The van der Waals surface area contributed by atoms with Crippen molar-refractivity contribution < 1.29 is 4.79 Å². The molecule has 2 aromatic rings. The van der Waals surface area contributed by atoms with Crippen LogP contribution in [0.2, 0.25) is 0 Å². The highest BCUT2D eigenvalue weighted by molar-refractivity contribution is 7.13. The predicted molar refractivity (Wildman–Crippen MR) is 95.4 cm³/mol. The van der Waals surface area contributed by atoms with Crippen LogP contribution >= 0.6 is 11.3 Å². The number of anilines is 1. The Morgan fingerprint density at radius 1 is 1.26 bits per heavy atom. The van der Waals surface area contributed by atoms with Gasteiger partial charge in [0.05, 0.1) is 10.7 Å². The molecule has 1 aliphatic rings. The summed E-state index contributed by atoms with van der Waals surface area (Å²) in [4.78, 5) is 20.3. The van der Waals surface area contributed by atoms with E-state index < -0.39 is 0 Å². The van der Waals surface area contributed by atoms with Gasteiger partial charge >= 0.3 is 0 Å². The van der Waals surface area contributed by atoms with E-state index in [-0.39, 0.29) is 5.91 Å². The summed E-state index contributed by atoms with van der Waals surface area (Å²) in [7, 11) is 0. The van der Waals surface area contributed by atoms with Gasteiger partial charge in [-0.25, -0.2) is 4.98 Å². The summed E-state index contributed by atoms with van der Waals surface area (Å²) in [5, 5.41) is 4.06. The van der Waals surface area contributed by atoms with Gasteiger partial charge in [0.1, 0.15) is 4.88 Å². The molecule has 2 heterocycles. The van der Waals surface area contributed by atoms with Gasteiger partial charge in [0, 0.05) is 18.7 Å². The van der Waals surface area contributed by atoms with Crippen LogP contribution in [0.15, 0.2) is 24.3 Å². The number of benzene rings is 1. The molecule has 1 fully saturated rings. The Morgan fingerprint density at radius 3 is 2.74 bits per heavy atom. The van der Waals surface area contributed by atoms with Gasteiger partial charge in [-0.05, 0) is 51.4 Å². The molecule has 1 aromatic carbocycles. The van der Waals surface area contributed by atoms with Gasteiger partial charge in [0.25, 0.3) is 5.91 Å². The third-order valence-corrected chi connectivity index (χ3v) is 5.50. The quantitative estimate of drug-likeness (QED) is 0.911. The first-order valence-corrected chi connectivity index (χ1v) is 9.01. The fraction of sp³-hybridized carbons (Fsp3) is 0.444. The van der Waals surface area contributed by atoms with Gasteiger partial charge in [-0.1, -0.05) is 18.2 Å². The van der Waals surface area contributed by atoms with Crippen LogP contribution in [0.4, 0.5) is 5.69 Å². The zero-order chi connectivity index (χ0) is 16.2. The van der Waals surface area contributed by atoms with E-state index in [2.05, 4.69) is 15.2 Å². The van der Waals surface area contributed by atoms with Crippen molar-refractivity contribution in [2.45, 2.75) is 33.1 Å². The Kier molecular flexibility index (Phi) is 5.08. The lowest BCUT2D eigenvalue weighted by Gasteiger charge is -2.12. The predicted octanol–water partition coefficient (Wildman–Crippen LogP) is 3.65. The van der Waals surface area contributed by atoms with Crippen molar-refractivity contribution in [1.82, 2.24) is 9.88 Å². The molecule has 1 saturated heterocycles. The van der Waals surface area contributed by atoms with Gasteiger partial charge < -0.3 is 10.2 Å². The molecule has 23 heavy (non-hydrogen) atoms. The molecule has 0 aliphatic carbocycles. The van der Waals surface area contributed by atoms with E-state index in [9.17, 15) is 4.79 Å². The second-order valence-electron chi connectivity index (χ2n) is 6.09. The normalized spacial score (nSPS) is 15.0. The smallest absolute Gasteiger partial charge is 0.267 e. The second kappa shape index (κ2) is 7.23. The van der Waals surface area contributed by atoms with Crippen molar-refractivity contribution in [1.29, 1.82) is 0 Å². The second-order valence-corrected chi connectivity index (χ2v) is 7.17. The third-order valence-electron chi connectivity index (χ3n) is 4.28. The number of thiazole rings is 1. The number of hydrogen-bond acceptors (Lipinski definition) is 4. The zero-order valence-corrected chi connectivity index (χ0v) is 14.6. The lowest BCUT2D eigenvalue weighted by molar-refractivity contribution is 0.102. The Morgan fingerprint density at radius 2 is 2.00 bits per heavy atom. The molecule has 122 valence electrons. The van der Waals surface area contributed by atoms with Crippen LogP contribution in [0.25, 0.3) is 0 Å². The number of para-hydroxylation sites is 1. The Labute approximate surface area is 141 Å². The first kappa shape index (κ1) is 16.1. The minimum absolute atomic E-state index is 0.0540. The molecule has 0 radical (unpaired) electrons. The average Bonchev–Trinajstić information content (AvgIpc) is 3.17. The summed E-state index contributed by atoms with van der Waals surface area (Å²) < 4.78 is 0. The van der Waals surface area contributed by atoms with Crippen molar-refractivity contribution in [3.63, 3.8) is 0 Å². The molecular formula is C18H23N3OS. The monoisotopic (exact) mass is 329 g/mol. The lowest BCUT2D eigenvalue weighted by Crippen LogP contribution is -2.21. The summed E-state index contributed by atoms with van der Waals surface area (Å²) in [6.07, 6.45) is 3.55. The number of rotatable bonds is 5. The van der Waals surface area contributed by atoms with Gasteiger partial charge in [-0.2, -0.15) is 0 Å². The summed E-state index contributed by atoms with van der Waals surface area (Å²) >= 11 is 1.53. The lowest BCUT2D eigenvalue weighted by atomic mass is 10.2. The molecule has 0 spiro atoms. The van der Waals surface area contributed by atoms with E-state index in [0.29, 0.717) is 0 Å². The summed E-state index contributed by atoms with van der Waals surface area (Å²) in [5.74, 6) is -0.0540.